The van der Waals surface area contributed by atoms with Crippen LogP contribution in [-0.4, -0.2) is 20.9 Å². The smallest absolute Gasteiger partial charge is 0.144 e. The molecule has 68 valence electrons. The zero-order valence-corrected chi connectivity index (χ0v) is 8.43. The van der Waals surface area contributed by atoms with Crippen molar-refractivity contribution in [2.45, 2.75) is 6.92 Å². The van der Waals surface area contributed by atoms with Gasteiger partial charge in [-0.1, -0.05) is 35.9 Å². The van der Waals surface area contributed by atoms with Crippen LogP contribution in [0.4, 0.5) is 0 Å². The van der Waals surface area contributed by atoms with Crippen LogP contribution in [-0.2, 0) is 9.84 Å². The Morgan fingerprint density at radius 1 is 1.00 bits per heavy atom. The second kappa shape index (κ2) is 4.93. The van der Waals surface area contributed by atoms with Crippen molar-refractivity contribution in [1.82, 2.24) is 0 Å². The molecule has 0 saturated carbocycles. The van der Waals surface area contributed by atoms with Gasteiger partial charge < -0.3 is 0 Å². The molecule has 1 aromatic carbocycles. The van der Waals surface area contributed by atoms with Crippen molar-refractivity contribution in [3.8, 4) is 0 Å². The third kappa shape index (κ3) is 11.9. The Bertz CT molecular complexity index is 293. The standard InChI is InChI=1S/C7H8.C2H6O2S/c1-7-5-3-2-4-6-7;1-5(2,3)4/h2-6H,1H3;1-2H3. The molecule has 0 aromatic heterocycles. The minimum atomic E-state index is -2.67. The average Bonchev–Trinajstić information content (AvgIpc) is 1.85. The highest BCUT2D eigenvalue weighted by Gasteiger charge is 1.79. The van der Waals surface area contributed by atoms with E-state index in [9.17, 15) is 8.42 Å². The third-order valence-electron chi connectivity index (χ3n) is 0.940. The van der Waals surface area contributed by atoms with Gasteiger partial charge in [0, 0.05) is 12.5 Å². The minimum absolute atomic E-state index is 1.16. The molecule has 3 heteroatoms. The van der Waals surface area contributed by atoms with Gasteiger partial charge in [0.15, 0.2) is 0 Å². The molecule has 0 N–H and O–H groups in total. The molecule has 0 saturated heterocycles. The lowest BCUT2D eigenvalue weighted by Crippen LogP contribution is -1.86. The van der Waals surface area contributed by atoms with E-state index in [1.165, 1.54) is 5.56 Å². The van der Waals surface area contributed by atoms with E-state index >= 15 is 0 Å². The van der Waals surface area contributed by atoms with Gasteiger partial charge in [-0.05, 0) is 6.92 Å². The molecule has 1 rings (SSSR count). The Morgan fingerprint density at radius 2 is 1.33 bits per heavy atom. The predicted molar refractivity (Wildman–Crippen MR) is 51.9 cm³/mol. The molecule has 12 heavy (non-hydrogen) atoms. The average molecular weight is 186 g/mol. The second-order valence-electron chi connectivity index (χ2n) is 2.80. The van der Waals surface area contributed by atoms with E-state index in [0.717, 1.165) is 12.5 Å². The fraction of sp³-hybridized carbons (Fsp3) is 0.333. The number of hydrogen-bond acceptors (Lipinski definition) is 2. The van der Waals surface area contributed by atoms with Crippen LogP contribution in [0.5, 0.6) is 0 Å². The molecule has 0 fully saturated rings. The van der Waals surface area contributed by atoms with Crippen molar-refractivity contribution in [3.05, 3.63) is 35.9 Å². The number of aryl methyl sites for hydroxylation is 1. The van der Waals surface area contributed by atoms with Crippen LogP contribution in [0.25, 0.3) is 0 Å². The fourth-order valence-corrected chi connectivity index (χ4v) is 0.534. The Labute approximate surface area is 74.2 Å². The topological polar surface area (TPSA) is 34.1 Å². The van der Waals surface area contributed by atoms with E-state index in [0.29, 0.717) is 0 Å². The van der Waals surface area contributed by atoms with Crippen LogP contribution in [0.1, 0.15) is 5.56 Å². The predicted octanol–water partition coefficient (Wildman–Crippen LogP) is 1.66. The first-order valence-electron chi connectivity index (χ1n) is 3.56. The van der Waals surface area contributed by atoms with E-state index in [1.807, 2.05) is 18.2 Å². The van der Waals surface area contributed by atoms with Crippen molar-refractivity contribution in [3.63, 3.8) is 0 Å². The van der Waals surface area contributed by atoms with E-state index in [1.54, 1.807) is 0 Å². The Kier molecular flexibility index (Phi) is 4.59. The summed E-state index contributed by atoms with van der Waals surface area (Å²) in [5.74, 6) is 0. The highest BCUT2D eigenvalue weighted by Crippen LogP contribution is 1.92. The first-order chi connectivity index (χ1) is 5.39. The van der Waals surface area contributed by atoms with Crippen LogP contribution < -0.4 is 0 Å². The van der Waals surface area contributed by atoms with Gasteiger partial charge >= 0.3 is 0 Å². The quantitative estimate of drug-likeness (QED) is 0.617. The summed E-state index contributed by atoms with van der Waals surface area (Å²) in [5, 5.41) is 0. The lowest BCUT2D eigenvalue weighted by atomic mass is 10.2. The summed E-state index contributed by atoms with van der Waals surface area (Å²) in [6.45, 7) is 2.08. The van der Waals surface area contributed by atoms with E-state index in [4.69, 9.17) is 0 Å². The molecular weight excluding hydrogens is 172 g/mol. The molecule has 0 unspecified atom stereocenters. The summed E-state index contributed by atoms with van der Waals surface area (Å²) in [6.07, 6.45) is 2.32. The van der Waals surface area contributed by atoms with Gasteiger partial charge in [0.25, 0.3) is 0 Å². The summed E-state index contributed by atoms with van der Waals surface area (Å²) < 4.78 is 19.3. The zero-order chi connectivity index (χ0) is 9.61. The van der Waals surface area contributed by atoms with E-state index in [2.05, 4.69) is 19.1 Å². The van der Waals surface area contributed by atoms with Crippen molar-refractivity contribution in [2.24, 2.45) is 0 Å². The molecule has 0 atom stereocenters. The van der Waals surface area contributed by atoms with Crippen LogP contribution in [0.15, 0.2) is 30.3 Å². The maximum Gasteiger partial charge on any atom is 0.144 e. The number of hydrogen-bond donors (Lipinski definition) is 0. The first-order valence-corrected chi connectivity index (χ1v) is 5.86. The molecule has 1 aromatic rings. The van der Waals surface area contributed by atoms with Gasteiger partial charge in [0.2, 0.25) is 0 Å². The molecule has 0 spiro atoms. The van der Waals surface area contributed by atoms with Crippen LogP contribution in [0.2, 0.25) is 0 Å². The summed E-state index contributed by atoms with van der Waals surface area (Å²) in [4.78, 5) is 0. The maximum absolute atomic E-state index is 9.63. The highest BCUT2D eigenvalue weighted by molar-refractivity contribution is 7.89. The normalized spacial score (nSPS) is 9.92. The summed E-state index contributed by atoms with van der Waals surface area (Å²) >= 11 is 0. The second-order valence-corrected chi connectivity index (χ2v) is 5.08. The maximum atomic E-state index is 9.63. The zero-order valence-electron chi connectivity index (χ0n) is 7.61. The van der Waals surface area contributed by atoms with Crippen molar-refractivity contribution in [2.75, 3.05) is 12.5 Å². The number of benzene rings is 1. The van der Waals surface area contributed by atoms with Gasteiger partial charge in [0.05, 0.1) is 0 Å². The lowest BCUT2D eigenvalue weighted by molar-refractivity contribution is 0.607. The molecule has 0 aliphatic heterocycles. The highest BCUT2D eigenvalue weighted by atomic mass is 32.2. The number of sulfone groups is 1. The van der Waals surface area contributed by atoms with E-state index < -0.39 is 9.84 Å². The van der Waals surface area contributed by atoms with Crippen LogP contribution in [0.3, 0.4) is 0 Å². The largest absolute Gasteiger partial charge is 0.229 e. The van der Waals surface area contributed by atoms with Gasteiger partial charge in [-0.2, -0.15) is 0 Å². The molecule has 0 heterocycles. The third-order valence-corrected chi connectivity index (χ3v) is 0.940. The van der Waals surface area contributed by atoms with Crippen LogP contribution in [0, 0.1) is 6.92 Å². The summed E-state index contributed by atoms with van der Waals surface area (Å²) in [7, 11) is -2.67. The van der Waals surface area contributed by atoms with Gasteiger partial charge in [-0.15, -0.1) is 0 Å². The fourth-order valence-electron chi connectivity index (χ4n) is 0.534. The lowest BCUT2D eigenvalue weighted by Gasteiger charge is -1.82. The Balaban J connectivity index is 0.000000217. The molecule has 0 radical (unpaired) electrons. The number of rotatable bonds is 0. The van der Waals surface area contributed by atoms with Crippen molar-refractivity contribution >= 4 is 9.84 Å². The minimum Gasteiger partial charge on any atom is -0.229 e. The molecular formula is C9H14O2S. The van der Waals surface area contributed by atoms with Gasteiger partial charge in [-0.3, -0.25) is 0 Å². The van der Waals surface area contributed by atoms with Crippen molar-refractivity contribution in [1.29, 1.82) is 0 Å². The SMILES string of the molecule is CS(C)(=O)=O.Cc1ccccc1. The summed E-state index contributed by atoms with van der Waals surface area (Å²) in [6, 6.07) is 10.3. The Hall–Kier alpha value is -0.830. The molecule has 2 nitrogen and oxygen atoms in total. The monoisotopic (exact) mass is 186 g/mol. The molecule has 0 amide bonds. The Morgan fingerprint density at radius 3 is 1.50 bits per heavy atom. The first kappa shape index (κ1) is 11.2. The van der Waals surface area contributed by atoms with E-state index in [-0.39, 0.29) is 0 Å². The van der Waals surface area contributed by atoms with Crippen molar-refractivity contribution < 1.29 is 8.42 Å². The summed E-state index contributed by atoms with van der Waals surface area (Å²) in [5.41, 5.74) is 1.32. The van der Waals surface area contributed by atoms with Crippen LogP contribution >= 0.6 is 0 Å². The molecule has 0 aliphatic carbocycles. The molecule has 0 aliphatic rings. The van der Waals surface area contributed by atoms with Gasteiger partial charge in [0.1, 0.15) is 9.84 Å². The van der Waals surface area contributed by atoms with Gasteiger partial charge in [-0.25, -0.2) is 8.42 Å². The molecule has 0 bridgehead atoms.